The summed E-state index contributed by atoms with van der Waals surface area (Å²) in [5, 5.41) is 1.19. The van der Waals surface area contributed by atoms with Gasteiger partial charge in [-0.1, -0.05) is 54.1 Å². The van der Waals surface area contributed by atoms with Gasteiger partial charge in [0.1, 0.15) is 6.10 Å². The summed E-state index contributed by atoms with van der Waals surface area (Å²) in [5.41, 5.74) is 6.90. The molecule has 2 aromatic carbocycles. The van der Waals surface area contributed by atoms with Crippen molar-refractivity contribution in [3.63, 3.8) is 0 Å². The van der Waals surface area contributed by atoms with Gasteiger partial charge in [-0.25, -0.2) is 0 Å². The van der Waals surface area contributed by atoms with Crippen molar-refractivity contribution in [1.82, 2.24) is 14.9 Å². The van der Waals surface area contributed by atoms with E-state index in [1.807, 2.05) is 35.5 Å². The van der Waals surface area contributed by atoms with Crippen LogP contribution in [-0.4, -0.2) is 40.5 Å². The predicted octanol–water partition coefficient (Wildman–Crippen LogP) is 4.99. The van der Waals surface area contributed by atoms with Crippen LogP contribution < -0.4 is 0 Å². The molecule has 0 spiro atoms. The second-order valence-corrected chi connectivity index (χ2v) is 8.81. The molecule has 0 bridgehead atoms. The second kappa shape index (κ2) is 9.59. The summed E-state index contributed by atoms with van der Waals surface area (Å²) in [6.45, 7) is 3.82. The highest BCUT2D eigenvalue weighted by Crippen LogP contribution is 2.23. The van der Waals surface area contributed by atoms with Crippen LogP contribution in [0.1, 0.15) is 40.5 Å². The van der Waals surface area contributed by atoms with Crippen molar-refractivity contribution in [3.05, 3.63) is 101 Å². The van der Waals surface area contributed by atoms with Gasteiger partial charge in [-0.15, -0.1) is 0 Å². The van der Waals surface area contributed by atoms with E-state index in [1.54, 1.807) is 0 Å². The summed E-state index contributed by atoms with van der Waals surface area (Å²) < 4.78 is 5.96. The van der Waals surface area contributed by atoms with Gasteiger partial charge < -0.3 is 14.6 Å². The van der Waals surface area contributed by atoms with Crippen molar-refractivity contribution in [1.29, 1.82) is 0 Å². The first-order valence-electron chi connectivity index (χ1n) is 11.6. The number of benzene rings is 2. The first-order chi connectivity index (χ1) is 16.2. The van der Waals surface area contributed by atoms with Crippen LogP contribution >= 0.6 is 0 Å². The molecule has 1 atom stereocenters. The van der Waals surface area contributed by atoms with Crippen molar-refractivity contribution in [2.45, 2.75) is 32.3 Å². The molecule has 1 saturated heterocycles. The molecule has 1 amide bonds. The summed E-state index contributed by atoms with van der Waals surface area (Å²) in [7, 11) is 0. The van der Waals surface area contributed by atoms with E-state index >= 15 is 0 Å². The number of hydrogen-bond acceptors (Lipinski definition) is 3. The fraction of sp³-hybridized carbons (Fsp3) is 0.286. The Morgan fingerprint density at radius 3 is 2.73 bits per heavy atom. The summed E-state index contributed by atoms with van der Waals surface area (Å²) in [4.78, 5) is 22.8. The zero-order valence-electron chi connectivity index (χ0n) is 19.0. The number of ether oxygens (including phenoxy) is 1. The summed E-state index contributed by atoms with van der Waals surface area (Å²) in [5.74, 6) is 0.171. The quantitative estimate of drug-likeness (QED) is 0.460. The maximum absolute atomic E-state index is 12.9. The molecule has 0 aliphatic carbocycles. The van der Waals surface area contributed by atoms with Gasteiger partial charge >= 0.3 is 0 Å². The number of aromatic nitrogens is 2. The molecule has 0 saturated carbocycles. The van der Waals surface area contributed by atoms with Crippen LogP contribution in [0.4, 0.5) is 0 Å². The van der Waals surface area contributed by atoms with E-state index in [9.17, 15) is 4.79 Å². The third kappa shape index (κ3) is 4.99. The molecule has 1 fully saturated rings. The fourth-order valence-electron chi connectivity index (χ4n) is 4.47. The number of carbonyl (C=O) groups excluding carboxylic acids is 1. The Hall–Kier alpha value is -3.44. The monoisotopic (exact) mass is 439 g/mol. The average Bonchev–Trinajstić information content (AvgIpc) is 3.28. The van der Waals surface area contributed by atoms with Gasteiger partial charge in [0.25, 0.3) is 0 Å². The van der Waals surface area contributed by atoms with Crippen molar-refractivity contribution in [2.75, 3.05) is 19.7 Å². The molecule has 0 radical (unpaired) electrons. The molecule has 3 heterocycles. The van der Waals surface area contributed by atoms with Gasteiger partial charge in [-0.2, -0.15) is 0 Å². The lowest BCUT2D eigenvalue weighted by atomic mass is 10.0. The topological polar surface area (TPSA) is 58.2 Å². The molecule has 5 rings (SSSR count). The second-order valence-electron chi connectivity index (χ2n) is 8.81. The van der Waals surface area contributed by atoms with Crippen LogP contribution in [0.3, 0.4) is 0 Å². The first-order valence-corrected chi connectivity index (χ1v) is 11.6. The Bertz CT molecular complexity index is 1230. The number of H-pyrrole nitrogens is 1. The number of nitrogens with one attached hydrogen (secondary N) is 1. The maximum Gasteiger partial charge on any atom is 0.223 e. The Balaban J connectivity index is 1.18. The number of hydrogen-bond donors (Lipinski definition) is 1. The van der Waals surface area contributed by atoms with Crippen LogP contribution in [0.25, 0.3) is 10.9 Å². The number of rotatable bonds is 6. The SMILES string of the molecule is Cc1ccc(Cc2ccc(C3CN(C(=O)CCc4c[nH]c5ccccc45)CCO3)nc2)cc1. The zero-order chi connectivity index (χ0) is 22.6. The molecule has 1 aliphatic rings. The Morgan fingerprint density at radius 2 is 1.91 bits per heavy atom. The van der Waals surface area contributed by atoms with Gasteiger partial charge in [0.15, 0.2) is 0 Å². The highest BCUT2D eigenvalue weighted by atomic mass is 16.5. The largest absolute Gasteiger partial charge is 0.368 e. The Labute approximate surface area is 194 Å². The predicted molar refractivity (Wildman–Crippen MR) is 130 cm³/mol. The van der Waals surface area contributed by atoms with E-state index in [0.29, 0.717) is 26.1 Å². The number of para-hydroxylation sites is 1. The lowest BCUT2D eigenvalue weighted by Crippen LogP contribution is -2.42. The number of aromatic amines is 1. The minimum Gasteiger partial charge on any atom is -0.368 e. The van der Waals surface area contributed by atoms with E-state index in [0.717, 1.165) is 24.1 Å². The standard InChI is InChI=1S/C28H29N3O2/c1-20-6-8-21(9-7-20)16-22-10-12-26(29-17-22)27-19-31(14-15-33-27)28(32)13-11-23-18-30-25-5-3-2-4-24(23)25/h2-10,12,17-18,27,30H,11,13-16,19H2,1H3. The molecule has 2 aromatic heterocycles. The van der Waals surface area contributed by atoms with Crippen molar-refractivity contribution < 1.29 is 9.53 Å². The van der Waals surface area contributed by atoms with Gasteiger partial charge in [-0.3, -0.25) is 9.78 Å². The van der Waals surface area contributed by atoms with Crippen LogP contribution in [-0.2, 0) is 22.4 Å². The number of aryl methyl sites for hydroxylation is 2. The smallest absolute Gasteiger partial charge is 0.223 e. The van der Waals surface area contributed by atoms with E-state index in [-0.39, 0.29) is 12.0 Å². The Kier molecular flexibility index (Phi) is 6.22. The molecular weight excluding hydrogens is 410 g/mol. The number of pyridine rings is 1. The molecule has 1 N–H and O–H groups in total. The molecule has 5 heteroatoms. The Morgan fingerprint density at radius 1 is 1.09 bits per heavy atom. The van der Waals surface area contributed by atoms with Crippen molar-refractivity contribution in [2.24, 2.45) is 0 Å². The van der Waals surface area contributed by atoms with Gasteiger partial charge in [0.2, 0.25) is 5.91 Å². The van der Waals surface area contributed by atoms with Crippen LogP contribution in [0, 0.1) is 6.92 Å². The number of nitrogens with zero attached hydrogens (tertiary/aromatic N) is 2. The number of carbonyl (C=O) groups is 1. The molecule has 33 heavy (non-hydrogen) atoms. The number of amides is 1. The molecule has 168 valence electrons. The van der Waals surface area contributed by atoms with E-state index in [1.165, 1.54) is 27.6 Å². The maximum atomic E-state index is 12.9. The third-order valence-electron chi connectivity index (χ3n) is 6.41. The molecule has 1 aliphatic heterocycles. The average molecular weight is 440 g/mol. The van der Waals surface area contributed by atoms with E-state index in [2.05, 4.69) is 59.4 Å². The van der Waals surface area contributed by atoms with Gasteiger partial charge in [0, 0.05) is 36.3 Å². The summed E-state index contributed by atoms with van der Waals surface area (Å²) in [6, 6.07) is 21.0. The first kappa shape index (κ1) is 21.4. The lowest BCUT2D eigenvalue weighted by Gasteiger charge is -2.32. The highest BCUT2D eigenvalue weighted by Gasteiger charge is 2.26. The van der Waals surface area contributed by atoms with Crippen LogP contribution in [0.15, 0.2) is 73.1 Å². The molecular formula is C28H29N3O2. The van der Waals surface area contributed by atoms with E-state index < -0.39 is 0 Å². The van der Waals surface area contributed by atoms with Crippen molar-refractivity contribution in [3.8, 4) is 0 Å². The normalized spacial score (nSPS) is 16.3. The van der Waals surface area contributed by atoms with Crippen molar-refractivity contribution >= 4 is 16.8 Å². The molecule has 5 nitrogen and oxygen atoms in total. The number of morpholine rings is 1. The lowest BCUT2D eigenvalue weighted by molar-refractivity contribution is -0.139. The zero-order valence-corrected chi connectivity index (χ0v) is 19.0. The minimum atomic E-state index is -0.177. The molecule has 4 aromatic rings. The fourth-order valence-corrected chi connectivity index (χ4v) is 4.47. The third-order valence-corrected chi connectivity index (χ3v) is 6.41. The van der Waals surface area contributed by atoms with E-state index in [4.69, 9.17) is 4.74 Å². The van der Waals surface area contributed by atoms with Crippen LogP contribution in [0.5, 0.6) is 0 Å². The summed E-state index contributed by atoms with van der Waals surface area (Å²) >= 11 is 0. The van der Waals surface area contributed by atoms with Crippen LogP contribution in [0.2, 0.25) is 0 Å². The van der Waals surface area contributed by atoms with Gasteiger partial charge in [0.05, 0.1) is 18.8 Å². The summed E-state index contributed by atoms with van der Waals surface area (Å²) in [6.07, 6.45) is 5.86. The molecule has 1 unspecified atom stereocenters. The highest BCUT2D eigenvalue weighted by molar-refractivity contribution is 5.84. The number of fused-ring (bicyclic) bond motifs is 1. The van der Waals surface area contributed by atoms with Gasteiger partial charge in [-0.05, 0) is 48.6 Å². The minimum absolute atomic E-state index is 0.171.